The van der Waals surface area contributed by atoms with Gasteiger partial charge in [0.1, 0.15) is 25.0 Å². The van der Waals surface area contributed by atoms with Crippen LogP contribution < -0.4 is 14.7 Å². The van der Waals surface area contributed by atoms with Gasteiger partial charge in [-0.1, -0.05) is 18.2 Å². The number of carbonyl (C=O) groups excluding carboxylic acids is 1. The lowest BCUT2D eigenvalue weighted by Gasteiger charge is -2.17. The van der Waals surface area contributed by atoms with Gasteiger partial charge in [-0.3, -0.25) is 0 Å². The quantitative estimate of drug-likeness (QED) is 0.539. The van der Waals surface area contributed by atoms with Gasteiger partial charge in [0, 0.05) is 12.8 Å². The van der Waals surface area contributed by atoms with Crippen molar-refractivity contribution in [3.63, 3.8) is 0 Å². The van der Waals surface area contributed by atoms with E-state index in [0.717, 1.165) is 12.3 Å². The molecule has 0 saturated carbocycles. The molecule has 1 aliphatic heterocycles. The maximum Gasteiger partial charge on any atom is 0.351 e. The Bertz CT molecular complexity index is 446. The normalized spacial score (nSPS) is 15.5. The molecule has 1 heterocycles. The molecule has 1 aromatic carbocycles. The summed E-state index contributed by atoms with van der Waals surface area (Å²) in [5.74, 6) is -3.18. The lowest BCUT2D eigenvalue weighted by Crippen LogP contribution is -3.11. The summed E-state index contributed by atoms with van der Waals surface area (Å²) in [6, 6.07) is 9.66. The van der Waals surface area contributed by atoms with Crippen LogP contribution in [0.4, 0.5) is 0 Å². The lowest BCUT2D eigenvalue weighted by atomic mass is 10.3. The third kappa shape index (κ3) is 7.61. The summed E-state index contributed by atoms with van der Waals surface area (Å²) < 4.78 is 5.51. The molecule has 22 heavy (non-hydrogen) atoms. The molecule has 0 bridgehead atoms. The van der Waals surface area contributed by atoms with Crippen molar-refractivity contribution in [2.45, 2.75) is 18.9 Å². The number of aliphatic hydroxyl groups is 1. The van der Waals surface area contributed by atoms with Crippen molar-refractivity contribution in [2.24, 2.45) is 0 Å². The summed E-state index contributed by atoms with van der Waals surface area (Å²) in [5.41, 5.74) is 0. The van der Waals surface area contributed by atoms with E-state index in [2.05, 4.69) is 0 Å². The van der Waals surface area contributed by atoms with Gasteiger partial charge >= 0.3 is 5.97 Å². The smallest absolute Gasteiger partial charge is 0.351 e. The zero-order valence-corrected chi connectivity index (χ0v) is 12.2. The first kappa shape index (κ1) is 17.9. The number of aliphatic hydroxyl groups excluding tert-OH is 1. The number of carbonyl (C=O) groups is 2. The van der Waals surface area contributed by atoms with Crippen molar-refractivity contribution in [1.82, 2.24) is 0 Å². The molecule has 2 rings (SSSR count). The number of carboxylic acids is 2. The highest BCUT2D eigenvalue weighted by atomic mass is 16.5. The predicted octanol–water partition coefficient (Wildman–Crippen LogP) is -2.07. The van der Waals surface area contributed by atoms with Crippen LogP contribution in [0.2, 0.25) is 0 Å². The number of likely N-dealkylation sites (tertiary alicyclic amines) is 1. The second-order valence-corrected chi connectivity index (χ2v) is 5.03. The summed E-state index contributed by atoms with van der Waals surface area (Å²) in [6.45, 7) is 3.60. The van der Waals surface area contributed by atoms with Crippen molar-refractivity contribution >= 4 is 11.9 Å². The van der Waals surface area contributed by atoms with Crippen molar-refractivity contribution in [2.75, 3.05) is 26.2 Å². The zero-order chi connectivity index (χ0) is 16.4. The molecule has 0 radical (unpaired) electrons. The zero-order valence-electron chi connectivity index (χ0n) is 12.2. The Balaban J connectivity index is 0.000000346. The molecule has 1 unspecified atom stereocenters. The van der Waals surface area contributed by atoms with Gasteiger partial charge in [0.15, 0.2) is 5.97 Å². The van der Waals surface area contributed by atoms with Gasteiger partial charge in [-0.2, -0.15) is 0 Å². The molecule has 0 spiro atoms. The molecule has 7 nitrogen and oxygen atoms in total. The number of benzene rings is 1. The fourth-order valence-electron chi connectivity index (χ4n) is 2.18. The number of para-hydroxylation sites is 1. The minimum atomic E-state index is -2.07. The lowest BCUT2D eigenvalue weighted by molar-refractivity contribution is -0.890. The van der Waals surface area contributed by atoms with Gasteiger partial charge in [-0.25, -0.2) is 4.79 Å². The Morgan fingerprint density at radius 2 is 1.77 bits per heavy atom. The van der Waals surface area contributed by atoms with Crippen LogP contribution in [0.15, 0.2) is 30.3 Å². The van der Waals surface area contributed by atoms with Gasteiger partial charge in [-0.05, 0) is 12.1 Å². The Kier molecular flexibility index (Phi) is 7.95. The molecule has 0 amide bonds. The van der Waals surface area contributed by atoms with Gasteiger partial charge in [-0.15, -0.1) is 0 Å². The van der Waals surface area contributed by atoms with Crippen LogP contribution in [0.5, 0.6) is 5.75 Å². The number of quaternary nitrogens is 1. The number of nitrogens with one attached hydrogen (secondary N) is 1. The highest BCUT2D eigenvalue weighted by molar-refractivity contribution is 6.26. The van der Waals surface area contributed by atoms with Crippen molar-refractivity contribution in [3.05, 3.63) is 30.3 Å². The summed E-state index contributed by atoms with van der Waals surface area (Å²) in [4.78, 5) is 19.5. The maximum atomic E-state index is 9.83. The summed E-state index contributed by atoms with van der Waals surface area (Å²) in [5, 5.41) is 26.1. The fraction of sp³-hybridized carbons (Fsp3) is 0.467. The Labute approximate surface area is 128 Å². The van der Waals surface area contributed by atoms with E-state index in [9.17, 15) is 5.11 Å². The van der Waals surface area contributed by atoms with E-state index in [1.807, 2.05) is 30.3 Å². The van der Waals surface area contributed by atoms with E-state index >= 15 is 0 Å². The fourth-order valence-corrected chi connectivity index (χ4v) is 2.18. The molecule has 1 fully saturated rings. The number of hydrogen-bond acceptors (Lipinski definition) is 5. The summed E-state index contributed by atoms with van der Waals surface area (Å²) >= 11 is 0. The standard InChI is InChI=1S/C13H19NO2.C2H2O4/c15-12(10-14-8-4-5-9-14)11-16-13-6-2-1-3-7-13;3-1(4)2(5)6/h1-3,6-7,12,15H,4-5,8-11H2;(H,3,4)(H,5,6). The third-order valence-electron chi connectivity index (χ3n) is 3.20. The minimum absolute atomic E-state index is 0.353. The highest BCUT2D eigenvalue weighted by Crippen LogP contribution is 2.08. The molecule has 1 saturated heterocycles. The van der Waals surface area contributed by atoms with Gasteiger partial charge < -0.3 is 29.8 Å². The average molecular weight is 311 g/mol. The molecule has 7 heteroatoms. The average Bonchev–Trinajstić information content (AvgIpc) is 2.99. The first-order chi connectivity index (χ1) is 10.5. The summed E-state index contributed by atoms with van der Waals surface area (Å²) in [7, 11) is 0. The van der Waals surface area contributed by atoms with Crippen molar-refractivity contribution < 1.29 is 34.5 Å². The number of ether oxygens (including phenoxy) is 1. The molecule has 1 aliphatic rings. The van der Waals surface area contributed by atoms with Crippen molar-refractivity contribution in [3.8, 4) is 5.75 Å². The van der Waals surface area contributed by atoms with E-state index in [1.54, 1.807) is 0 Å². The van der Waals surface area contributed by atoms with Crippen LogP contribution in [-0.2, 0) is 9.59 Å². The largest absolute Gasteiger partial charge is 0.539 e. The Hall–Kier alpha value is -2.12. The van der Waals surface area contributed by atoms with E-state index < -0.39 is 11.9 Å². The monoisotopic (exact) mass is 311 g/mol. The van der Waals surface area contributed by atoms with E-state index in [4.69, 9.17) is 24.5 Å². The third-order valence-corrected chi connectivity index (χ3v) is 3.20. The first-order valence-electron chi connectivity index (χ1n) is 7.12. The van der Waals surface area contributed by atoms with E-state index in [-0.39, 0.29) is 6.10 Å². The van der Waals surface area contributed by atoms with Crippen LogP contribution >= 0.6 is 0 Å². The van der Waals surface area contributed by atoms with Crippen LogP contribution in [-0.4, -0.2) is 54.5 Å². The predicted molar refractivity (Wildman–Crippen MR) is 75.4 cm³/mol. The molecular formula is C15H21NO6. The molecule has 1 aromatic rings. The second-order valence-electron chi connectivity index (χ2n) is 5.03. The van der Waals surface area contributed by atoms with Gasteiger partial charge in [0.2, 0.25) is 0 Å². The van der Waals surface area contributed by atoms with E-state index in [0.29, 0.717) is 6.61 Å². The molecule has 0 aromatic heterocycles. The molecule has 122 valence electrons. The topological polar surface area (TPSA) is 111 Å². The van der Waals surface area contributed by atoms with Crippen molar-refractivity contribution in [1.29, 1.82) is 0 Å². The summed E-state index contributed by atoms with van der Waals surface area (Å²) in [6.07, 6.45) is 2.23. The van der Waals surface area contributed by atoms with Crippen LogP contribution in [0.25, 0.3) is 0 Å². The number of aliphatic carboxylic acids is 2. The van der Waals surface area contributed by atoms with Crippen LogP contribution in [0, 0.1) is 0 Å². The van der Waals surface area contributed by atoms with Gasteiger partial charge in [0.05, 0.1) is 13.1 Å². The maximum absolute atomic E-state index is 9.83. The minimum Gasteiger partial charge on any atom is -0.539 e. The van der Waals surface area contributed by atoms with Gasteiger partial charge in [0.25, 0.3) is 0 Å². The first-order valence-corrected chi connectivity index (χ1v) is 7.12. The SMILES string of the molecule is O=C([O-])C(=O)O.OC(COc1ccccc1)C[NH+]1CCCC1. The molecule has 0 aliphatic carbocycles. The Morgan fingerprint density at radius 1 is 1.23 bits per heavy atom. The highest BCUT2D eigenvalue weighted by Gasteiger charge is 2.19. The molecular weight excluding hydrogens is 290 g/mol. The van der Waals surface area contributed by atoms with Crippen LogP contribution in [0.1, 0.15) is 12.8 Å². The molecule has 3 N–H and O–H groups in total. The number of carboxylic acid groups (broad SMARTS) is 2. The Morgan fingerprint density at radius 3 is 2.27 bits per heavy atom. The van der Waals surface area contributed by atoms with E-state index in [1.165, 1.54) is 30.8 Å². The van der Waals surface area contributed by atoms with Crippen LogP contribution in [0.3, 0.4) is 0 Å². The molecule has 1 atom stereocenters. The number of hydrogen-bond donors (Lipinski definition) is 3. The second kappa shape index (κ2) is 9.75. The number of rotatable bonds is 5.